The van der Waals surface area contributed by atoms with Gasteiger partial charge in [0.1, 0.15) is 5.78 Å². The van der Waals surface area contributed by atoms with E-state index in [-0.39, 0.29) is 22.5 Å². The third-order valence-electron chi connectivity index (χ3n) is 3.33. The summed E-state index contributed by atoms with van der Waals surface area (Å²) < 4.78 is 15.0. The number of hydrogen-bond donors (Lipinski definition) is 0. The Bertz CT molecular complexity index is 357. The largest absolute Gasteiger partial charge is 0.330 e. The Balaban J connectivity index is 0. The summed E-state index contributed by atoms with van der Waals surface area (Å²) in [4.78, 5) is 11.1. The van der Waals surface area contributed by atoms with Gasteiger partial charge in [-0.3, -0.25) is 0 Å². The molecule has 2 aliphatic carbocycles. The predicted molar refractivity (Wildman–Crippen MR) is 64.6 cm³/mol. The molecule has 4 heteroatoms. The average molecular weight is 300 g/mol. The maximum absolute atomic E-state index is 11.1. The normalized spacial score (nSPS) is 25.3. The van der Waals surface area contributed by atoms with E-state index < -0.39 is 0 Å². The quantitative estimate of drug-likeness (QED) is 0.413. The summed E-state index contributed by atoms with van der Waals surface area (Å²) in [5, 5.41) is 0. The van der Waals surface area contributed by atoms with Crippen LogP contribution in [0.25, 0.3) is 0 Å². The number of Topliss-reactive ketones (excluding diaryl/α,β-unsaturated/α-hetero) is 1. The Kier molecular flexibility index (Phi) is 11.7. The molecule has 0 aliphatic heterocycles. The smallest absolute Gasteiger partial charge is 0.109 e. The molecule has 2 aliphatic rings. The van der Waals surface area contributed by atoms with E-state index in [2.05, 4.69) is 20.2 Å². The van der Waals surface area contributed by atoms with Crippen molar-refractivity contribution in [2.24, 2.45) is 11.3 Å². The van der Waals surface area contributed by atoms with Crippen LogP contribution in [-0.4, -0.2) is 5.78 Å². The molecule has 1 aromatic carbocycles. The van der Waals surface area contributed by atoms with Crippen molar-refractivity contribution in [3.8, 4) is 0 Å². The van der Waals surface area contributed by atoms with Crippen LogP contribution in [0.5, 0.6) is 0 Å². The SMILES string of the molecule is [C-]#[O+].[C-]#[O+].[CH2-]C12CCC(CC1=O)C2.[Fe].c1cc[cH-]c1. The summed E-state index contributed by atoms with van der Waals surface area (Å²) >= 11 is 0. The van der Waals surface area contributed by atoms with E-state index in [1.165, 1.54) is 6.42 Å². The topological polar surface area (TPSA) is 56.9 Å². The number of fused-ring (bicyclic) bond motifs is 2. The summed E-state index contributed by atoms with van der Waals surface area (Å²) in [5.41, 5.74) is -0.120. The summed E-state index contributed by atoms with van der Waals surface area (Å²) in [7, 11) is 0. The van der Waals surface area contributed by atoms with Crippen LogP contribution in [0.1, 0.15) is 25.7 Å². The van der Waals surface area contributed by atoms with Crippen LogP contribution in [0, 0.1) is 31.6 Å². The van der Waals surface area contributed by atoms with Crippen LogP contribution in [0.15, 0.2) is 30.3 Å². The number of carbonyl (C=O) groups is 1. The molecule has 2 atom stereocenters. The third kappa shape index (κ3) is 6.13. The van der Waals surface area contributed by atoms with Crippen LogP contribution in [-0.2, 0) is 31.2 Å². The predicted octanol–water partition coefficient (Wildman–Crippen LogP) is 2.91. The van der Waals surface area contributed by atoms with Crippen LogP contribution >= 0.6 is 0 Å². The van der Waals surface area contributed by atoms with Gasteiger partial charge in [-0.25, -0.2) is 12.1 Å². The molecule has 3 nitrogen and oxygen atoms in total. The van der Waals surface area contributed by atoms with Gasteiger partial charge in [0.15, 0.2) is 0 Å². The maximum Gasteiger partial charge on any atom is 0.109 e. The van der Waals surface area contributed by atoms with E-state index in [4.69, 9.17) is 9.30 Å². The molecule has 2 bridgehead atoms. The molecule has 2 fully saturated rings. The number of ketones is 1. The van der Waals surface area contributed by atoms with E-state index in [0.29, 0.717) is 11.7 Å². The molecule has 0 radical (unpaired) electrons. The summed E-state index contributed by atoms with van der Waals surface area (Å²) in [6, 6.07) is 10.0. The van der Waals surface area contributed by atoms with Gasteiger partial charge in [-0.1, -0.05) is 24.7 Å². The first-order valence-corrected chi connectivity index (χ1v) is 5.67. The van der Waals surface area contributed by atoms with E-state index in [1.54, 1.807) is 0 Å². The van der Waals surface area contributed by atoms with Crippen molar-refractivity contribution >= 4 is 5.78 Å². The second kappa shape index (κ2) is 10.9. The Hall–Kier alpha value is -0.981. The van der Waals surface area contributed by atoms with Gasteiger partial charge in [0.05, 0.1) is 0 Å². The van der Waals surface area contributed by atoms with Crippen LogP contribution in [0.2, 0.25) is 0 Å². The Morgan fingerprint density at radius 3 is 1.95 bits per heavy atom. The van der Waals surface area contributed by atoms with Crippen molar-refractivity contribution in [1.29, 1.82) is 0 Å². The summed E-state index contributed by atoms with van der Waals surface area (Å²) in [6.45, 7) is 13.0. The molecule has 0 aromatic heterocycles. The molecule has 0 saturated heterocycles. The van der Waals surface area contributed by atoms with Crippen molar-refractivity contribution in [3.63, 3.8) is 0 Å². The first-order chi connectivity index (χ1) is 8.71. The zero-order chi connectivity index (χ0) is 14.0. The molecule has 0 N–H and O–H groups in total. The standard InChI is InChI=1S/C8H11O.C5H5.2CO.Fe/c1-8-3-2-6(5-8)4-7(8)9;1-2-4-5-3-1;2*1-2;/h6H,1-5H2;1-5H;;;/q2*-1;;;. The molecule has 0 amide bonds. The molecule has 0 heterocycles. The monoisotopic (exact) mass is 300 g/mol. The first kappa shape index (κ1) is 20.3. The van der Waals surface area contributed by atoms with Gasteiger partial charge in [0, 0.05) is 23.5 Å². The number of rotatable bonds is 0. The van der Waals surface area contributed by atoms with Gasteiger partial charge in [-0.15, -0.1) is 0 Å². The van der Waals surface area contributed by atoms with Crippen molar-refractivity contribution < 1.29 is 31.2 Å². The van der Waals surface area contributed by atoms with Crippen LogP contribution in [0.4, 0.5) is 0 Å². The van der Waals surface area contributed by atoms with Crippen LogP contribution in [0.3, 0.4) is 0 Å². The summed E-state index contributed by atoms with van der Waals surface area (Å²) in [5.74, 6) is 1.12. The summed E-state index contributed by atoms with van der Waals surface area (Å²) in [6.07, 6.45) is 4.20. The van der Waals surface area contributed by atoms with Gasteiger partial charge in [0.25, 0.3) is 0 Å². The molecule has 2 unspecified atom stereocenters. The minimum absolute atomic E-state index is 0. The fourth-order valence-corrected chi connectivity index (χ4v) is 2.46. The van der Waals surface area contributed by atoms with E-state index >= 15 is 0 Å². The fraction of sp³-hybridized carbons (Fsp3) is 0.400. The van der Waals surface area contributed by atoms with E-state index in [9.17, 15) is 4.79 Å². The second-order valence-corrected chi connectivity index (χ2v) is 4.48. The zero-order valence-corrected chi connectivity index (χ0v) is 11.7. The molecule has 3 rings (SSSR count). The molecular weight excluding hydrogens is 284 g/mol. The third-order valence-corrected chi connectivity index (χ3v) is 3.33. The van der Waals surface area contributed by atoms with Crippen molar-refractivity contribution in [1.82, 2.24) is 0 Å². The number of hydrogen-bond acceptors (Lipinski definition) is 1. The van der Waals surface area contributed by atoms with E-state index in [0.717, 1.165) is 19.3 Å². The Labute approximate surface area is 125 Å². The Morgan fingerprint density at radius 1 is 1.26 bits per heavy atom. The van der Waals surface area contributed by atoms with Gasteiger partial charge in [0.2, 0.25) is 0 Å². The van der Waals surface area contributed by atoms with Crippen molar-refractivity contribution in [2.45, 2.75) is 25.7 Å². The second-order valence-electron chi connectivity index (χ2n) is 4.48. The maximum atomic E-state index is 11.1. The molecule has 1 aromatic rings. The minimum Gasteiger partial charge on any atom is -0.330 e. The number of carbonyl (C=O) groups excluding carboxylic acids is 1. The van der Waals surface area contributed by atoms with Gasteiger partial charge in [-0.2, -0.15) is 18.2 Å². The average Bonchev–Trinajstić information content (AvgIpc) is 3.12. The molecule has 19 heavy (non-hydrogen) atoms. The molecule has 104 valence electrons. The first-order valence-electron chi connectivity index (χ1n) is 5.67. The molecule has 0 spiro atoms. The zero-order valence-electron chi connectivity index (χ0n) is 10.6. The van der Waals surface area contributed by atoms with Crippen molar-refractivity contribution in [2.75, 3.05) is 0 Å². The minimum atomic E-state index is -0.120. The van der Waals surface area contributed by atoms with Gasteiger partial charge < -0.3 is 11.7 Å². The molecular formula is C15H16FeO3-2. The van der Waals surface area contributed by atoms with Crippen LogP contribution < -0.4 is 0 Å². The molecule has 2 saturated carbocycles. The van der Waals surface area contributed by atoms with Gasteiger partial charge >= 0.3 is 22.6 Å². The van der Waals surface area contributed by atoms with Gasteiger partial charge in [-0.05, 0) is 5.92 Å². The Morgan fingerprint density at radius 2 is 1.79 bits per heavy atom. The fourth-order valence-electron chi connectivity index (χ4n) is 2.46. The van der Waals surface area contributed by atoms with Crippen molar-refractivity contribution in [3.05, 3.63) is 50.6 Å². The van der Waals surface area contributed by atoms with E-state index in [1.807, 2.05) is 30.3 Å².